The standard InChI is InChI=1S/C49H30N4O/c1-2-11-31(12-3-1)47-50-48(32-21-25-37(26-22-32)53-43-18-7-4-15-39(43)40-16-5-8-19-44(40)53)52-49(51-47)36-14-10-13-33(30-36)34-23-27-38-35(29-34)24-28-42-41-17-6-9-20-45(41)54-46(38)42/h1-30H. The summed E-state index contributed by atoms with van der Waals surface area (Å²) < 4.78 is 8.64. The molecule has 5 heteroatoms. The molecule has 0 amide bonds. The molecule has 0 saturated heterocycles. The average molecular weight is 691 g/mol. The normalized spacial score (nSPS) is 11.7. The summed E-state index contributed by atoms with van der Waals surface area (Å²) in [5.41, 5.74) is 10.2. The molecule has 0 radical (unpaired) electrons. The third-order valence-electron chi connectivity index (χ3n) is 10.4. The van der Waals surface area contributed by atoms with Crippen molar-refractivity contribution in [2.45, 2.75) is 0 Å². The molecular formula is C49H30N4O. The summed E-state index contributed by atoms with van der Waals surface area (Å²) in [5.74, 6) is 1.88. The molecule has 54 heavy (non-hydrogen) atoms. The first-order chi connectivity index (χ1) is 26.7. The van der Waals surface area contributed by atoms with Gasteiger partial charge in [0.2, 0.25) is 0 Å². The molecule has 0 fully saturated rings. The molecule has 0 aliphatic carbocycles. The van der Waals surface area contributed by atoms with Crippen molar-refractivity contribution >= 4 is 54.5 Å². The van der Waals surface area contributed by atoms with Crippen LogP contribution in [0.1, 0.15) is 0 Å². The number of rotatable bonds is 5. The summed E-state index contributed by atoms with van der Waals surface area (Å²) in [4.78, 5) is 15.1. The maximum Gasteiger partial charge on any atom is 0.164 e. The third kappa shape index (κ3) is 4.90. The summed E-state index contributed by atoms with van der Waals surface area (Å²) in [6.45, 7) is 0. The molecule has 252 valence electrons. The van der Waals surface area contributed by atoms with E-state index in [-0.39, 0.29) is 0 Å². The number of hydrogen-bond acceptors (Lipinski definition) is 4. The van der Waals surface area contributed by atoms with E-state index in [1.54, 1.807) is 0 Å². The Hall–Kier alpha value is -7.37. The van der Waals surface area contributed by atoms with Gasteiger partial charge >= 0.3 is 0 Å². The van der Waals surface area contributed by atoms with Crippen LogP contribution in [0.25, 0.3) is 105 Å². The van der Waals surface area contributed by atoms with Gasteiger partial charge in [-0.25, -0.2) is 15.0 Å². The molecule has 0 aliphatic rings. The molecule has 3 aromatic heterocycles. The van der Waals surface area contributed by atoms with Gasteiger partial charge in [0.15, 0.2) is 17.5 Å². The van der Waals surface area contributed by atoms with Gasteiger partial charge in [-0.3, -0.25) is 0 Å². The molecule has 11 aromatic rings. The van der Waals surface area contributed by atoms with Gasteiger partial charge in [-0.1, -0.05) is 115 Å². The summed E-state index contributed by atoms with van der Waals surface area (Å²) in [7, 11) is 0. The molecule has 0 bridgehead atoms. The molecule has 0 unspecified atom stereocenters. The maximum absolute atomic E-state index is 6.32. The summed E-state index contributed by atoms with van der Waals surface area (Å²) >= 11 is 0. The number of para-hydroxylation sites is 3. The number of hydrogen-bond donors (Lipinski definition) is 0. The minimum atomic E-state index is 0.622. The minimum absolute atomic E-state index is 0.622. The first-order valence-electron chi connectivity index (χ1n) is 18.1. The van der Waals surface area contributed by atoms with Gasteiger partial charge in [-0.15, -0.1) is 0 Å². The zero-order valence-electron chi connectivity index (χ0n) is 29.0. The highest BCUT2D eigenvalue weighted by Crippen LogP contribution is 2.37. The topological polar surface area (TPSA) is 56.7 Å². The number of fused-ring (bicyclic) bond motifs is 8. The molecule has 5 nitrogen and oxygen atoms in total. The summed E-state index contributed by atoms with van der Waals surface area (Å²) in [6, 6.07) is 63.3. The van der Waals surface area contributed by atoms with E-state index in [1.165, 1.54) is 21.8 Å². The zero-order valence-corrected chi connectivity index (χ0v) is 29.0. The second kappa shape index (κ2) is 12.1. The highest BCUT2D eigenvalue weighted by atomic mass is 16.3. The van der Waals surface area contributed by atoms with Crippen LogP contribution in [0.2, 0.25) is 0 Å². The van der Waals surface area contributed by atoms with Crippen LogP contribution in [0.15, 0.2) is 186 Å². The lowest BCUT2D eigenvalue weighted by molar-refractivity contribution is 0.672. The molecule has 0 saturated carbocycles. The molecule has 0 spiro atoms. The lowest BCUT2D eigenvalue weighted by atomic mass is 9.98. The Morgan fingerprint density at radius 3 is 1.63 bits per heavy atom. The van der Waals surface area contributed by atoms with E-state index >= 15 is 0 Å². The lowest BCUT2D eigenvalue weighted by Crippen LogP contribution is -2.00. The fourth-order valence-electron chi connectivity index (χ4n) is 7.84. The van der Waals surface area contributed by atoms with Crippen molar-refractivity contribution in [2.75, 3.05) is 0 Å². The van der Waals surface area contributed by atoms with Gasteiger partial charge < -0.3 is 8.98 Å². The van der Waals surface area contributed by atoms with Crippen molar-refractivity contribution in [3.05, 3.63) is 182 Å². The van der Waals surface area contributed by atoms with Crippen molar-refractivity contribution in [3.8, 4) is 51.0 Å². The fourth-order valence-corrected chi connectivity index (χ4v) is 7.84. The van der Waals surface area contributed by atoms with Crippen LogP contribution < -0.4 is 0 Å². The van der Waals surface area contributed by atoms with E-state index in [2.05, 4.69) is 144 Å². The predicted octanol–water partition coefficient (Wildman–Crippen LogP) is 12.7. The third-order valence-corrected chi connectivity index (χ3v) is 10.4. The lowest BCUT2D eigenvalue weighted by Gasteiger charge is -2.11. The number of benzene rings is 8. The van der Waals surface area contributed by atoms with E-state index in [0.717, 1.165) is 66.2 Å². The van der Waals surface area contributed by atoms with Gasteiger partial charge in [0.25, 0.3) is 0 Å². The monoisotopic (exact) mass is 690 g/mol. The van der Waals surface area contributed by atoms with Crippen molar-refractivity contribution in [3.63, 3.8) is 0 Å². The molecule has 3 heterocycles. The molecule has 0 aliphatic heterocycles. The van der Waals surface area contributed by atoms with Crippen molar-refractivity contribution in [1.29, 1.82) is 0 Å². The largest absolute Gasteiger partial charge is 0.455 e. The Labute approximate surface area is 310 Å². The second-order valence-electron chi connectivity index (χ2n) is 13.6. The highest BCUT2D eigenvalue weighted by Gasteiger charge is 2.16. The SMILES string of the molecule is c1ccc(-c2nc(-c3ccc(-n4c5ccccc5c5ccccc54)cc3)nc(-c3cccc(-c4ccc5c(ccc6c7ccccc7oc56)c4)c3)n2)cc1. The van der Waals surface area contributed by atoms with Gasteiger partial charge in [0.05, 0.1) is 11.0 Å². The van der Waals surface area contributed by atoms with Crippen LogP contribution in [0.3, 0.4) is 0 Å². The molecule has 8 aromatic carbocycles. The van der Waals surface area contributed by atoms with E-state index in [4.69, 9.17) is 19.4 Å². The predicted molar refractivity (Wildman–Crippen MR) is 221 cm³/mol. The average Bonchev–Trinajstić information content (AvgIpc) is 3.80. The van der Waals surface area contributed by atoms with Gasteiger partial charge in [0.1, 0.15) is 11.2 Å². The van der Waals surface area contributed by atoms with Gasteiger partial charge in [-0.05, 0) is 83.2 Å². The highest BCUT2D eigenvalue weighted by molar-refractivity contribution is 6.15. The fraction of sp³-hybridized carbons (Fsp3) is 0. The Morgan fingerprint density at radius 1 is 0.352 bits per heavy atom. The van der Waals surface area contributed by atoms with Crippen molar-refractivity contribution < 1.29 is 4.42 Å². The Bertz CT molecular complexity index is 3160. The summed E-state index contributed by atoms with van der Waals surface area (Å²) in [5, 5.41) is 6.97. The van der Waals surface area contributed by atoms with Crippen molar-refractivity contribution in [2.24, 2.45) is 0 Å². The molecule has 0 N–H and O–H groups in total. The molecule has 0 atom stereocenters. The van der Waals surface area contributed by atoms with Crippen LogP contribution in [0, 0.1) is 0 Å². The summed E-state index contributed by atoms with van der Waals surface area (Å²) in [6.07, 6.45) is 0. The number of furan rings is 1. The van der Waals surface area contributed by atoms with Crippen molar-refractivity contribution in [1.82, 2.24) is 19.5 Å². The van der Waals surface area contributed by atoms with Gasteiger partial charge in [-0.2, -0.15) is 0 Å². The minimum Gasteiger partial charge on any atom is -0.455 e. The van der Waals surface area contributed by atoms with Gasteiger partial charge in [0, 0.05) is 49.3 Å². The van der Waals surface area contributed by atoms with E-state index in [1.807, 2.05) is 42.5 Å². The zero-order chi connectivity index (χ0) is 35.6. The van der Waals surface area contributed by atoms with Crippen LogP contribution in [-0.4, -0.2) is 19.5 Å². The molecule has 11 rings (SSSR count). The number of aromatic nitrogens is 4. The Morgan fingerprint density at radius 2 is 0.889 bits per heavy atom. The maximum atomic E-state index is 6.32. The first-order valence-corrected chi connectivity index (χ1v) is 18.1. The number of nitrogens with zero attached hydrogens (tertiary/aromatic N) is 4. The van der Waals surface area contributed by atoms with Crippen LogP contribution in [-0.2, 0) is 0 Å². The van der Waals surface area contributed by atoms with E-state index < -0.39 is 0 Å². The van der Waals surface area contributed by atoms with E-state index in [0.29, 0.717) is 17.5 Å². The van der Waals surface area contributed by atoms with Crippen LogP contribution >= 0.6 is 0 Å². The van der Waals surface area contributed by atoms with Crippen LogP contribution in [0.4, 0.5) is 0 Å². The quantitative estimate of drug-likeness (QED) is 0.180. The molecular weight excluding hydrogens is 661 g/mol. The second-order valence-corrected chi connectivity index (χ2v) is 13.6. The Kier molecular flexibility index (Phi) is 6.79. The smallest absolute Gasteiger partial charge is 0.164 e. The Balaban J connectivity index is 1.000. The van der Waals surface area contributed by atoms with Crippen LogP contribution in [0.5, 0.6) is 0 Å². The first kappa shape index (κ1) is 30.3. The van der Waals surface area contributed by atoms with E-state index in [9.17, 15) is 0 Å².